The minimum Gasteiger partial charge on any atom is -0.354 e. The highest BCUT2D eigenvalue weighted by Gasteiger charge is 2.22. The van der Waals surface area contributed by atoms with Gasteiger partial charge in [0.15, 0.2) is 0 Å². The van der Waals surface area contributed by atoms with Crippen LogP contribution in [0.1, 0.15) is 44.2 Å². The quantitative estimate of drug-likeness (QED) is 0.432. The van der Waals surface area contributed by atoms with Crippen molar-refractivity contribution in [2.75, 3.05) is 10.6 Å². The first-order chi connectivity index (χ1) is 15.7. The Bertz CT molecular complexity index is 1280. The van der Waals surface area contributed by atoms with E-state index in [1.165, 1.54) is 0 Å². The number of hydrogen-bond acceptors (Lipinski definition) is 6. The van der Waals surface area contributed by atoms with Crippen molar-refractivity contribution >= 4 is 34.2 Å². The van der Waals surface area contributed by atoms with E-state index in [-0.39, 0.29) is 11.6 Å². The molecule has 0 saturated heterocycles. The van der Waals surface area contributed by atoms with Gasteiger partial charge in [-0.3, -0.25) is 9.36 Å². The number of aromatic nitrogens is 4. The summed E-state index contributed by atoms with van der Waals surface area (Å²) in [5.41, 5.74) is 3.48. The summed E-state index contributed by atoms with van der Waals surface area (Å²) >= 11 is 0. The molecule has 5 rings (SSSR count). The van der Waals surface area contributed by atoms with Crippen LogP contribution in [0.2, 0.25) is 0 Å². The Labute approximate surface area is 186 Å². The Morgan fingerprint density at radius 1 is 0.969 bits per heavy atom. The van der Waals surface area contributed by atoms with Crippen molar-refractivity contribution in [3.63, 3.8) is 0 Å². The zero-order valence-electron chi connectivity index (χ0n) is 18.1. The van der Waals surface area contributed by atoms with Crippen molar-refractivity contribution in [3.8, 4) is 0 Å². The highest BCUT2D eigenvalue weighted by molar-refractivity contribution is 5.76. The molecule has 162 valence electrons. The molecule has 0 unspecified atom stereocenters. The minimum atomic E-state index is 0.0750. The van der Waals surface area contributed by atoms with Gasteiger partial charge in [-0.1, -0.05) is 38.0 Å². The number of anilines is 4. The van der Waals surface area contributed by atoms with Crippen LogP contribution >= 0.6 is 0 Å². The molecule has 0 radical (unpaired) electrons. The summed E-state index contributed by atoms with van der Waals surface area (Å²) in [6.07, 6.45) is 8.60. The summed E-state index contributed by atoms with van der Waals surface area (Å²) in [5.74, 6) is 1.08. The van der Waals surface area contributed by atoms with Crippen molar-refractivity contribution in [2.24, 2.45) is 0 Å². The van der Waals surface area contributed by atoms with Gasteiger partial charge >= 0.3 is 0 Å². The molecule has 1 aromatic carbocycles. The molecule has 1 fully saturated rings. The Kier molecular flexibility index (Phi) is 5.54. The van der Waals surface area contributed by atoms with Crippen molar-refractivity contribution in [1.29, 1.82) is 0 Å². The third kappa shape index (κ3) is 4.06. The fourth-order valence-corrected chi connectivity index (χ4v) is 4.34. The molecule has 2 N–H and O–H groups in total. The summed E-state index contributed by atoms with van der Waals surface area (Å²) in [4.78, 5) is 26.8. The SMILES string of the molecule is CCc1cc2cnc(Nc3ccc(Nc4ccccc4)cn3)nc2n(C2CCCC2)c1=O. The Hall–Kier alpha value is -3.74. The van der Waals surface area contributed by atoms with Crippen LogP contribution in [0.25, 0.3) is 11.0 Å². The van der Waals surface area contributed by atoms with Gasteiger partial charge in [-0.05, 0) is 49.6 Å². The fourth-order valence-electron chi connectivity index (χ4n) is 4.34. The molecular weight excluding hydrogens is 400 g/mol. The maximum atomic E-state index is 13.1. The van der Waals surface area contributed by atoms with Gasteiger partial charge in [-0.25, -0.2) is 9.97 Å². The summed E-state index contributed by atoms with van der Waals surface area (Å²) < 4.78 is 1.90. The van der Waals surface area contributed by atoms with Crippen LogP contribution in [-0.4, -0.2) is 19.5 Å². The number of pyridine rings is 2. The second-order valence-corrected chi connectivity index (χ2v) is 8.16. The summed E-state index contributed by atoms with van der Waals surface area (Å²) in [7, 11) is 0. The number of rotatable bonds is 6. The van der Waals surface area contributed by atoms with Crippen LogP contribution < -0.4 is 16.2 Å². The normalized spacial score (nSPS) is 14.0. The van der Waals surface area contributed by atoms with E-state index in [1.807, 2.05) is 60.0 Å². The predicted octanol–water partition coefficient (Wildman–Crippen LogP) is 5.35. The topological polar surface area (TPSA) is 84.7 Å². The zero-order valence-corrected chi connectivity index (χ0v) is 18.1. The summed E-state index contributed by atoms with van der Waals surface area (Å²) in [6.45, 7) is 2.01. The number of para-hydroxylation sites is 1. The van der Waals surface area contributed by atoms with E-state index in [4.69, 9.17) is 4.98 Å². The number of nitrogens with zero attached hydrogens (tertiary/aromatic N) is 4. The third-order valence-electron chi connectivity index (χ3n) is 5.98. The number of nitrogens with one attached hydrogen (secondary N) is 2. The zero-order chi connectivity index (χ0) is 21.9. The number of aryl methyl sites for hydroxylation is 1. The van der Waals surface area contributed by atoms with Crippen molar-refractivity contribution in [2.45, 2.75) is 45.1 Å². The molecule has 1 aliphatic rings. The maximum absolute atomic E-state index is 13.1. The molecule has 32 heavy (non-hydrogen) atoms. The molecule has 3 aromatic heterocycles. The van der Waals surface area contributed by atoms with Crippen molar-refractivity contribution in [1.82, 2.24) is 19.5 Å². The first-order valence-corrected chi connectivity index (χ1v) is 11.2. The van der Waals surface area contributed by atoms with Crippen LogP contribution in [0.5, 0.6) is 0 Å². The lowest BCUT2D eigenvalue weighted by Gasteiger charge is -2.18. The molecule has 0 bridgehead atoms. The fraction of sp³-hybridized carbons (Fsp3) is 0.280. The summed E-state index contributed by atoms with van der Waals surface area (Å²) in [5, 5.41) is 7.39. The Balaban J connectivity index is 1.43. The lowest BCUT2D eigenvalue weighted by Crippen LogP contribution is -2.27. The van der Waals surface area contributed by atoms with Gasteiger partial charge in [0.1, 0.15) is 11.5 Å². The van der Waals surface area contributed by atoms with Gasteiger partial charge in [0, 0.05) is 28.9 Å². The van der Waals surface area contributed by atoms with Crippen LogP contribution in [0.15, 0.2) is 65.7 Å². The van der Waals surface area contributed by atoms with Gasteiger partial charge in [0.25, 0.3) is 5.56 Å². The lowest BCUT2D eigenvalue weighted by atomic mass is 10.1. The first kappa shape index (κ1) is 20.2. The molecule has 3 heterocycles. The van der Waals surface area contributed by atoms with E-state index >= 15 is 0 Å². The third-order valence-corrected chi connectivity index (χ3v) is 5.98. The molecule has 0 amide bonds. The molecule has 1 aliphatic carbocycles. The van der Waals surface area contributed by atoms with Gasteiger partial charge in [0.05, 0.1) is 11.9 Å². The predicted molar refractivity (Wildman–Crippen MR) is 128 cm³/mol. The first-order valence-electron chi connectivity index (χ1n) is 11.2. The maximum Gasteiger partial charge on any atom is 0.255 e. The second kappa shape index (κ2) is 8.78. The van der Waals surface area contributed by atoms with Crippen LogP contribution in [0, 0.1) is 0 Å². The molecule has 1 saturated carbocycles. The van der Waals surface area contributed by atoms with Gasteiger partial charge in [-0.2, -0.15) is 4.98 Å². The van der Waals surface area contributed by atoms with Gasteiger partial charge < -0.3 is 10.6 Å². The second-order valence-electron chi connectivity index (χ2n) is 8.16. The number of fused-ring (bicyclic) bond motifs is 1. The van der Waals surface area contributed by atoms with E-state index in [0.29, 0.717) is 23.8 Å². The van der Waals surface area contributed by atoms with Gasteiger partial charge in [-0.15, -0.1) is 0 Å². The molecule has 7 nitrogen and oxygen atoms in total. The monoisotopic (exact) mass is 426 g/mol. The van der Waals surface area contributed by atoms with Crippen molar-refractivity contribution in [3.05, 3.63) is 76.8 Å². The molecule has 0 spiro atoms. The van der Waals surface area contributed by atoms with Crippen LogP contribution in [0.3, 0.4) is 0 Å². The van der Waals surface area contributed by atoms with E-state index < -0.39 is 0 Å². The molecule has 7 heteroatoms. The standard InChI is InChI=1S/C25H26N6O/c1-2-17-14-18-15-27-25(30-23(18)31(24(17)32)21-10-6-7-11-21)29-22-13-12-20(16-26-22)28-19-8-4-3-5-9-19/h3-5,8-9,12-16,21,28H,2,6-7,10-11H2,1H3,(H,26,27,29,30). The number of benzene rings is 1. The lowest BCUT2D eigenvalue weighted by molar-refractivity contribution is 0.513. The molecule has 4 aromatic rings. The van der Waals surface area contributed by atoms with E-state index in [1.54, 1.807) is 12.4 Å². The van der Waals surface area contributed by atoms with E-state index in [2.05, 4.69) is 20.6 Å². The van der Waals surface area contributed by atoms with Crippen LogP contribution in [-0.2, 0) is 6.42 Å². The van der Waals surface area contributed by atoms with Crippen LogP contribution in [0.4, 0.5) is 23.1 Å². The number of hydrogen-bond donors (Lipinski definition) is 2. The van der Waals surface area contributed by atoms with E-state index in [0.717, 1.165) is 48.0 Å². The average molecular weight is 427 g/mol. The molecule has 0 aliphatic heterocycles. The molecule has 0 atom stereocenters. The van der Waals surface area contributed by atoms with E-state index in [9.17, 15) is 4.79 Å². The Morgan fingerprint density at radius 2 is 1.78 bits per heavy atom. The van der Waals surface area contributed by atoms with Gasteiger partial charge in [0.2, 0.25) is 5.95 Å². The van der Waals surface area contributed by atoms with Crippen molar-refractivity contribution < 1.29 is 0 Å². The average Bonchev–Trinajstić information content (AvgIpc) is 3.35. The summed E-state index contributed by atoms with van der Waals surface area (Å²) in [6, 6.07) is 15.9. The minimum absolute atomic E-state index is 0.0750. The smallest absolute Gasteiger partial charge is 0.255 e. The Morgan fingerprint density at radius 3 is 2.50 bits per heavy atom. The molecular formula is C25H26N6O. The highest BCUT2D eigenvalue weighted by Crippen LogP contribution is 2.31. The largest absolute Gasteiger partial charge is 0.354 e. The highest BCUT2D eigenvalue weighted by atomic mass is 16.1.